The van der Waals surface area contributed by atoms with Crippen molar-refractivity contribution in [3.8, 4) is 0 Å². The van der Waals surface area contributed by atoms with Gasteiger partial charge in [-0.05, 0) is 30.3 Å². The number of fused-ring (bicyclic) bond motifs is 1. The zero-order chi connectivity index (χ0) is 18.5. The van der Waals surface area contributed by atoms with Gasteiger partial charge in [0, 0.05) is 18.4 Å². The number of benzene rings is 2. The van der Waals surface area contributed by atoms with E-state index in [4.69, 9.17) is 11.6 Å². The van der Waals surface area contributed by atoms with Crippen molar-refractivity contribution in [1.82, 2.24) is 10.3 Å². The molecule has 2 N–H and O–H groups in total. The highest BCUT2D eigenvalue weighted by Gasteiger charge is 2.11. The average Bonchev–Trinajstić information content (AvgIpc) is 2.61. The SMILES string of the molecule is O=C(CCNC(=O)c1ccc(F)cc1Cl)Nc1cnc2ccccc2c1. The minimum atomic E-state index is -0.519. The van der Waals surface area contributed by atoms with Crippen LogP contribution in [-0.2, 0) is 4.79 Å². The maximum atomic E-state index is 13.0. The lowest BCUT2D eigenvalue weighted by Gasteiger charge is -2.08. The van der Waals surface area contributed by atoms with Gasteiger partial charge < -0.3 is 10.6 Å². The number of hydrogen-bond acceptors (Lipinski definition) is 3. The molecule has 5 nitrogen and oxygen atoms in total. The summed E-state index contributed by atoms with van der Waals surface area (Å²) in [6.45, 7) is 0.124. The fraction of sp³-hybridized carbons (Fsp3) is 0.105. The second-order valence-corrected chi connectivity index (χ2v) is 6.00. The van der Waals surface area contributed by atoms with Crippen LogP contribution in [-0.4, -0.2) is 23.3 Å². The molecule has 1 aromatic heterocycles. The summed E-state index contributed by atoms with van der Waals surface area (Å²) >= 11 is 5.83. The lowest BCUT2D eigenvalue weighted by molar-refractivity contribution is -0.116. The van der Waals surface area contributed by atoms with E-state index in [0.29, 0.717) is 5.69 Å². The number of rotatable bonds is 5. The van der Waals surface area contributed by atoms with Gasteiger partial charge in [-0.3, -0.25) is 14.6 Å². The Morgan fingerprint density at radius 2 is 1.92 bits per heavy atom. The van der Waals surface area contributed by atoms with Crippen LogP contribution in [0.5, 0.6) is 0 Å². The Morgan fingerprint density at radius 1 is 1.12 bits per heavy atom. The van der Waals surface area contributed by atoms with Gasteiger partial charge in [-0.1, -0.05) is 29.8 Å². The molecule has 0 saturated carbocycles. The minimum Gasteiger partial charge on any atom is -0.351 e. The van der Waals surface area contributed by atoms with Crippen LogP contribution >= 0.6 is 11.6 Å². The smallest absolute Gasteiger partial charge is 0.252 e. The van der Waals surface area contributed by atoms with E-state index in [1.165, 1.54) is 6.07 Å². The number of nitrogens with one attached hydrogen (secondary N) is 2. The minimum absolute atomic E-state index is 0.0224. The van der Waals surface area contributed by atoms with E-state index in [-0.39, 0.29) is 29.5 Å². The summed E-state index contributed by atoms with van der Waals surface area (Å²) in [6.07, 6.45) is 1.66. The van der Waals surface area contributed by atoms with E-state index in [1.807, 2.05) is 30.3 Å². The highest BCUT2D eigenvalue weighted by molar-refractivity contribution is 6.33. The van der Waals surface area contributed by atoms with Crippen molar-refractivity contribution in [2.45, 2.75) is 6.42 Å². The molecule has 1 heterocycles. The topological polar surface area (TPSA) is 71.1 Å². The van der Waals surface area contributed by atoms with Crippen LogP contribution < -0.4 is 10.6 Å². The van der Waals surface area contributed by atoms with Crippen LogP contribution in [0, 0.1) is 5.82 Å². The fourth-order valence-corrected chi connectivity index (χ4v) is 2.67. The second-order valence-electron chi connectivity index (χ2n) is 5.59. The highest BCUT2D eigenvalue weighted by Crippen LogP contribution is 2.17. The van der Waals surface area contributed by atoms with Crippen molar-refractivity contribution in [2.24, 2.45) is 0 Å². The van der Waals surface area contributed by atoms with E-state index < -0.39 is 11.7 Å². The van der Waals surface area contributed by atoms with Crippen molar-refractivity contribution in [3.05, 3.63) is 71.1 Å². The summed E-state index contributed by atoms with van der Waals surface area (Å²) < 4.78 is 13.0. The molecule has 3 aromatic rings. The third-order valence-corrected chi connectivity index (χ3v) is 4.00. The molecule has 0 spiro atoms. The van der Waals surface area contributed by atoms with Gasteiger partial charge in [0.15, 0.2) is 0 Å². The summed E-state index contributed by atoms with van der Waals surface area (Å²) in [5.74, 6) is -1.24. The first kappa shape index (κ1) is 17.8. The van der Waals surface area contributed by atoms with E-state index in [2.05, 4.69) is 15.6 Å². The maximum Gasteiger partial charge on any atom is 0.252 e. The van der Waals surface area contributed by atoms with E-state index in [9.17, 15) is 14.0 Å². The van der Waals surface area contributed by atoms with Crippen LogP contribution in [0.4, 0.5) is 10.1 Å². The number of amides is 2. The third-order valence-electron chi connectivity index (χ3n) is 3.69. The molecule has 0 aliphatic rings. The summed E-state index contributed by atoms with van der Waals surface area (Å²) in [7, 11) is 0. The van der Waals surface area contributed by atoms with E-state index >= 15 is 0 Å². The predicted octanol–water partition coefficient (Wildman–Crippen LogP) is 3.79. The fourth-order valence-electron chi connectivity index (χ4n) is 2.42. The number of carbonyl (C=O) groups excluding carboxylic acids is 2. The lowest BCUT2D eigenvalue weighted by Crippen LogP contribution is -2.27. The Kier molecular flexibility index (Phi) is 5.43. The molecular formula is C19H15ClFN3O2. The molecule has 3 rings (SSSR count). The van der Waals surface area contributed by atoms with Gasteiger partial charge in [0.1, 0.15) is 5.82 Å². The number of nitrogens with zero attached hydrogens (tertiary/aromatic N) is 1. The Labute approximate surface area is 154 Å². The summed E-state index contributed by atoms with van der Waals surface area (Å²) in [4.78, 5) is 28.3. The number of aromatic nitrogens is 1. The van der Waals surface area contributed by atoms with Crippen LogP contribution in [0.25, 0.3) is 10.9 Å². The molecule has 2 amide bonds. The van der Waals surface area contributed by atoms with Crippen molar-refractivity contribution in [3.63, 3.8) is 0 Å². The second kappa shape index (κ2) is 7.93. The molecule has 26 heavy (non-hydrogen) atoms. The maximum absolute atomic E-state index is 13.0. The Hall–Kier alpha value is -2.99. The molecule has 2 aromatic carbocycles. The Bertz CT molecular complexity index is 978. The van der Waals surface area contributed by atoms with Gasteiger partial charge in [0.25, 0.3) is 5.91 Å². The van der Waals surface area contributed by atoms with E-state index in [1.54, 1.807) is 6.20 Å². The van der Waals surface area contributed by atoms with Crippen LogP contribution in [0.15, 0.2) is 54.7 Å². The standard InChI is InChI=1S/C19H15ClFN3O2/c20-16-10-13(21)5-6-15(16)19(26)22-8-7-18(25)24-14-9-12-3-1-2-4-17(12)23-11-14/h1-6,9-11H,7-8H2,(H,22,26)(H,24,25). The number of halogens is 2. The first-order valence-corrected chi connectivity index (χ1v) is 8.28. The molecule has 0 fully saturated rings. The summed E-state index contributed by atoms with van der Waals surface area (Å²) in [5, 5.41) is 6.26. The zero-order valence-electron chi connectivity index (χ0n) is 13.6. The number of pyridine rings is 1. The van der Waals surface area contributed by atoms with Crippen molar-refractivity contribution < 1.29 is 14.0 Å². The number of carbonyl (C=O) groups is 2. The molecule has 0 unspecified atom stereocenters. The van der Waals surface area contributed by atoms with Gasteiger partial charge in [-0.2, -0.15) is 0 Å². The highest BCUT2D eigenvalue weighted by atomic mass is 35.5. The van der Waals surface area contributed by atoms with Crippen molar-refractivity contribution >= 4 is 40.0 Å². The average molecular weight is 372 g/mol. The monoisotopic (exact) mass is 371 g/mol. The normalized spacial score (nSPS) is 10.5. The quantitative estimate of drug-likeness (QED) is 0.716. The number of hydrogen-bond donors (Lipinski definition) is 2. The Morgan fingerprint density at radius 3 is 2.73 bits per heavy atom. The summed E-state index contributed by atoms with van der Waals surface area (Å²) in [5.41, 5.74) is 1.59. The molecule has 0 bridgehead atoms. The molecule has 132 valence electrons. The van der Waals surface area contributed by atoms with Gasteiger partial charge in [-0.15, -0.1) is 0 Å². The molecule has 0 atom stereocenters. The van der Waals surface area contributed by atoms with Gasteiger partial charge in [0.2, 0.25) is 5.91 Å². The third kappa shape index (κ3) is 4.34. The van der Waals surface area contributed by atoms with Crippen molar-refractivity contribution in [1.29, 1.82) is 0 Å². The number of anilines is 1. The molecule has 7 heteroatoms. The molecule has 0 aliphatic carbocycles. The molecular weight excluding hydrogens is 357 g/mol. The van der Waals surface area contributed by atoms with Crippen molar-refractivity contribution in [2.75, 3.05) is 11.9 Å². The number of para-hydroxylation sites is 1. The Balaban J connectivity index is 1.52. The lowest BCUT2D eigenvalue weighted by atomic mass is 10.2. The van der Waals surface area contributed by atoms with Gasteiger partial charge in [-0.25, -0.2) is 4.39 Å². The van der Waals surface area contributed by atoms with E-state index in [0.717, 1.165) is 23.0 Å². The largest absolute Gasteiger partial charge is 0.351 e. The van der Waals surface area contributed by atoms with Gasteiger partial charge >= 0.3 is 0 Å². The molecule has 0 aliphatic heterocycles. The van der Waals surface area contributed by atoms with Crippen LogP contribution in [0.2, 0.25) is 5.02 Å². The predicted molar refractivity (Wildman–Crippen MR) is 98.7 cm³/mol. The van der Waals surface area contributed by atoms with Crippen LogP contribution in [0.3, 0.4) is 0 Å². The van der Waals surface area contributed by atoms with Crippen LogP contribution in [0.1, 0.15) is 16.8 Å². The first-order chi connectivity index (χ1) is 12.5. The first-order valence-electron chi connectivity index (χ1n) is 7.91. The molecule has 0 radical (unpaired) electrons. The molecule has 0 saturated heterocycles. The van der Waals surface area contributed by atoms with Gasteiger partial charge in [0.05, 0.1) is 28.0 Å². The summed E-state index contributed by atoms with van der Waals surface area (Å²) in [6, 6.07) is 12.9. The zero-order valence-corrected chi connectivity index (χ0v) is 14.4.